The van der Waals surface area contributed by atoms with Gasteiger partial charge in [0, 0.05) is 23.5 Å². The molecule has 5 nitrogen and oxygen atoms in total. The molecule has 0 aromatic heterocycles. The Labute approximate surface area is 219 Å². The second kappa shape index (κ2) is 12.6. The van der Waals surface area contributed by atoms with Gasteiger partial charge in [0.1, 0.15) is 11.8 Å². The van der Waals surface area contributed by atoms with Crippen LogP contribution in [0.4, 0.5) is 0 Å². The van der Waals surface area contributed by atoms with Crippen LogP contribution in [0.2, 0.25) is 5.02 Å². The number of nitrogens with zero attached hydrogens (tertiary/aromatic N) is 1. The highest BCUT2D eigenvalue weighted by molar-refractivity contribution is 6.31. The highest BCUT2D eigenvalue weighted by Gasteiger charge is 2.32. The molecule has 0 heterocycles. The lowest BCUT2D eigenvalue weighted by molar-refractivity contribution is -0.143. The second-order valence-electron chi connectivity index (χ2n) is 9.84. The van der Waals surface area contributed by atoms with Crippen molar-refractivity contribution in [1.82, 2.24) is 10.2 Å². The molecule has 3 rings (SSSR count). The van der Waals surface area contributed by atoms with Crippen molar-refractivity contribution in [3.63, 3.8) is 0 Å². The van der Waals surface area contributed by atoms with Gasteiger partial charge in [0.15, 0.2) is 6.61 Å². The molecular weight excluding hydrogens is 472 g/mol. The Morgan fingerprint density at radius 3 is 2.17 bits per heavy atom. The summed E-state index contributed by atoms with van der Waals surface area (Å²) >= 11 is 6.46. The maximum atomic E-state index is 13.6. The van der Waals surface area contributed by atoms with Crippen molar-refractivity contribution in [3.05, 3.63) is 101 Å². The molecule has 0 aliphatic carbocycles. The van der Waals surface area contributed by atoms with E-state index < -0.39 is 11.6 Å². The quantitative estimate of drug-likeness (QED) is 0.376. The highest BCUT2D eigenvalue weighted by atomic mass is 35.5. The third-order valence-electron chi connectivity index (χ3n) is 5.76. The number of ether oxygens (including phenoxy) is 1. The number of hydrogen-bond acceptors (Lipinski definition) is 3. The highest BCUT2D eigenvalue weighted by Crippen LogP contribution is 2.21. The molecule has 0 aliphatic rings. The zero-order valence-corrected chi connectivity index (χ0v) is 22.2. The van der Waals surface area contributed by atoms with E-state index in [1.165, 1.54) is 5.56 Å². The van der Waals surface area contributed by atoms with Crippen molar-refractivity contribution in [2.75, 3.05) is 6.61 Å². The van der Waals surface area contributed by atoms with Crippen LogP contribution in [0.3, 0.4) is 0 Å². The van der Waals surface area contributed by atoms with Gasteiger partial charge >= 0.3 is 0 Å². The van der Waals surface area contributed by atoms with Crippen LogP contribution in [0.1, 0.15) is 44.4 Å². The minimum absolute atomic E-state index is 0.186. The predicted molar refractivity (Wildman–Crippen MR) is 145 cm³/mol. The third-order valence-corrected chi connectivity index (χ3v) is 6.13. The zero-order chi connectivity index (χ0) is 26.1. The van der Waals surface area contributed by atoms with Crippen molar-refractivity contribution in [1.29, 1.82) is 0 Å². The Bertz CT molecular complexity index is 1140. The maximum absolute atomic E-state index is 13.6. The lowest BCUT2D eigenvalue weighted by Gasteiger charge is -2.34. The average Bonchev–Trinajstić information content (AvgIpc) is 2.85. The van der Waals surface area contributed by atoms with Gasteiger partial charge in [0.05, 0.1) is 0 Å². The summed E-state index contributed by atoms with van der Waals surface area (Å²) in [4.78, 5) is 28.8. The molecule has 0 fully saturated rings. The zero-order valence-electron chi connectivity index (χ0n) is 21.5. The van der Waals surface area contributed by atoms with Crippen LogP contribution in [0, 0.1) is 0 Å². The molecule has 6 heteroatoms. The molecule has 0 spiro atoms. The van der Waals surface area contributed by atoms with Crippen molar-refractivity contribution in [2.24, 2.45) is 0 Å². The van der Waals surface area contributed by atoms with Gasteiger partial charge in [0.2, 0.25) is 5.91 Å². The van der Waals surface area contributed by atoms with Gasteiger partial charge in [-0.05, 0) is 62.1 Å². The molecule has 0 aliphatic heterocycles. The standard InChI is InChI=1S/C30H35ClN2O3/c1-5-22-15-17-25(18-16-22)36-21-28(34)33(20-24-13-9-10-14-26(24)31)27(29(35)32-30(2,3)4)19-23-11-7-6-8-12-23/h6-18,27H,5,19-21H2,1-4H3,(H,32,35). The smallest absolute Gasteiger partial charge is 0.261 e. The van der Waals surface area contributed by atoms with Crippen LogP contribution in [0.15, 0.2) is 78.9 Å². The van der Waals surface area contributed by atoms with Crippen LogP contribution in [-0.4, -0.2) is 34.9 Å². The summed E-state index contributed by atoms with van der Waals surface area (Å²) in [5.74, 6) is 0.0931. The van der Waals surface area contributed by atoms with E-state index >= 15 is 0 Å². The van der Waals surface area contributed by atoms with Crippen molar-refractivity contribution in [2.45, 2.75) is 58.7 Å². The van der Waals surface area contributed by atoms with Gasteiger partial charge in [0.25, 0.3) is 5.91 Å². The number of halogens is 1. The van der Waals surface area contributed by atoms with Gasteiger partial charge in [-0.1, -0.05) is 79.2 Å². The molecule has 0 radical (unpaired) electrons. The summed E-state index contributed by atoms with van der Waals surface area (Å²) in [7, 11) is 0. The van der Waals surface area contributed by atoms with Gasteiger partial charge in [-0.2, -0.15) is 0 Å². The average molecular weight is 507 g/mol. The van der Waals surface area contributed by atoms with E-state index in [1.54, 1.807) is 11.0 Å². The van der Waals surface area contributed by atoms with Gasteiger partial charge in [-0.3, -0.25) is 9.59 Å². The van der Waals surface area contributed by atoms with Crippen LogP contribution in [0.25, 0.3) is 0 Å². The lowest BCUT2D eigenvalue weighted by Crippen LogP contribution is -2.55. The van der Waals surface area contributed by atoms with E-state index in [-0.39, 0.29) is 25.0 Å². The number of carbonyl (C=O) groups excluding carboxylic acids is 2. The Hall–Kier alpha value is -3.31. The van der Waals surface area contributed by atoms with E-state index in [1.807, 2.05) is 93.6 Å². The third kappa shape index (κ3) is 8.13. The first kappa shape index (κ1) is 27.3. The first-order chi connectivity index (χ1) is 17.2. The maximum Gasteiger partial charge on any atom is 0.261 e. The summed E-state index contributed by atoms with van der Waals surface area (Å²) in [6.07, 6.45) is 1.29. The fraction of sp³-hybridized carbons (Fsp3) is 0.333. The molecule has 1 atom stereocenters. The summed E-state index contributed by atoms with van der Waals surface area (Å²) < 4.78 is 5.84. The first-order valence-corrected chi connectivity index (χ1v) is 12.6. The number of rotatable bonds is 10. The van der Waals surface area contributed by atoms with Crippen LogP contribution in [0.5, 0.6) is 5.75 Å². The summed E-state index contributed by atoms with van der Waals surface area (Å²) in [6.45, 7) is 7.85. The number of carbonyl (C=O) groups is 2. The summed E-state index contributed by atoms with van der Waals surface area (Å²) in [6, 6.07) is 24.0. The Balaban J connectivity index is 1.92. The summed E-state index contributed by atoms with van der Waals surface area (Å²) in [5, 5.41) is 3.60. The molecule has 36 heavy (non-hydrogen) atoms. The molecule has 3 aromatic rings. The molecule has 190 valence electrons. The Morgan fingerprint density at radius 1 is 0.917 bits per heavy atom. The molecule has 3 aromatic carbocycles. The van der Waals surface area contributed by atoms with E-state index in [9.17, 15) is 9.59 Å². The molecular formula is C30H35ClN2O3. The minimum Gasteiger partial charge on any atom is -0.484 e. The number of amides is 2. The molecule has 1 N–H and O–H groups in total. The summed E-state index contributed by atoms with van der Waals surface area (Å²) in [5.41, 5.74) is 2.46. The first-order valence-electron chi connectivity index (χ1n) is 12.3. The molecule has 0 saturated carbocycles. The van der Waals surface area contributed by atoms with E-state index in [2.05, 4.69) is 12.2 Å². The Morgan fingerprint density at radius 2 is 1.56 bits per heavy atom. The minimum atomic E-state index is -0.749. The second-order valence-corrected chi connectivity index (χ2v) is 10.3. The molecule has 0 bridgehead atoms. The number of benzene rings is 3. The monoisotopic (exact) mass is 506 g/mol. The number of hydrogen-bond donors (Lipinski definition) is 1. The molecule has 1 unspecified atom stereocenters. The van der Waals surface area contributed by atoms with Gasteiger partial charge in [-0.15, -0.1) is 0 Å². The SMILES string of the molecule is CCc1ccc(OCC(=O)N(Cc2ccccc2Cl)C(Cc2ccccc2)C(=O)NC(C)(C)C)cc1. The lowest BCUT2D eigenvalue weighted by atomic mass is 10.0. The van der Waals surface area contributed by atoms with E-state index in [4.69, 9.17) is 16.3 Å². The number of nitrogens with one attached hydrogen (secondary N) is 1. The largest absolute Gasteiger partial charge is 0.484 e. The van der Waals surface area contributed by atoms with Crippen LogP contribution in [-0.2, 0) is 29.0 Å². The number of aryl methyl sites for hydroxylation is 1. The predicted octanol–water partition coefficient (Wildman–Crippen LogP) is 5.84. The molecule has 0 saturated heterocycles. The van der Waals surface area contributed by atoms with Crippen LogP contribution >= 0.6 is 11.6 Å². The van der Waals surface area contributed by atoms with Crippen LogP contribution < -0.4 is 10.1 Å². The van der Waals surface area contributed by atoms with Gasteiger partial charge in [-0.25, -0.2) is 0 Å². The van der Waals surface area contributed by atoms with Crippen molar-refractivity contribution < 1.29 is 14.3 Å². The van der Waals surface area contributed by atoms with Crippen molar-refractivity contribution in [3.8, 4) is 5.75 Å². The fourth-order valence-corrected chi connectivity index (χ4v) is 4.06. The molecule has 2 amide bonds. The van der Waals surface area contributed by atoms with Gasteiger partial charge < -0.3 is 15.0 Å². The van der Waals surface area contributed by atoms with Crippen molar-refractivity contribution >= 4 is 23.4 Å². The Kier molecular flexibility index (Phi) is 9.54. The van der Waals surface area contributed by atoms with E-state index in [0.717, 1.165) is 17.5 Å². The fourth-order valence-electron chi connectivity index (χ4n) is 3.87. The van der Waals surface area contributed by atoms with E-state index in [0.29, 0.717) is 17.2 Å². The normalized spacial score (nSPS) is 12.0. The topological polar surface area (TPSA) is 58.6 Å².